The fourth-order valence-corrected chi connectivity index (χ4v) is 6.08. The van der Waals surface area contributed by atoms with Crippen LogP contribution in [0, 0.1) is 13.8 Å². The van der Waals surface area contributed by atoms with Crippen molar-refractivity contribution in [1.82, 2.24) is 4.57 Å². The lowest BCUT2D eigenvalue weighted by molar-refractivity contribution is 0.371. The molecule has 0 saturated heterocycles. The summed E-state index contributed by atoms with van der Waals surface area (Å²) in [4.78, 5) is 0. The quantitative estimate of drug-likeness (QED) is 0.200. The van der Waals surface area contributed by atoms with Crippen molar-refractivity contribution in [3.63, 3.8) is 0 Å². The van der Waals surface area contributed by atoms with Crippen LogP contribution in [-0.4, -0.2) is 32.8 Å². The summed E-state index contributed by atoms with van der Waals surface area (Å²) in [5, 5.41) is 45.8. The van der Waals surface area contributed by atoms with E-state index in [0.29, 0.717) is 38.4 Å². The number of hydrogen-bond donors (Lipinski definition) is 4. The molecule has 7 heteroatoms. The second kappa shape index (κ2) is 6.59. The van der Waals surface area contributed by atoms with Crippen molar-refractivity contribution in [2.75, 3.05) is 0 Å². The first-order valence-corrected chi connectivity index (χ1v) is 11.2. The maximum Gasteiger partial charge on any atom is 0.201 e. The number of aromatic nitrogens is 1. The first-order valence-electron chi connectivity index (χ1n) is 10.4. The van der Waals surface area contributed by atoms with Crippen LogP contribution in [0.2, 0.25) is 0 Å². The summed E-state index contributed by atoms with van der Waals surface area (Å²) in [6.45, 7) is 3.56. The lowest BCUT2D eigenvalue weighted by atomic mass is 9.84. The van der Waals surface area contributed by atoms with Gasteiger partial charge < -0.3 is 25.0 Å². The normalized spacial score (nSPS) is 11.9. The van der Waals surface area contributed by atoms with Gasteiger partial charge in [-0.25, -0.2) is 0 Å². The first kappa shape index (κ1) is 19.8. The molecule has 6 aromatic rings. The zero-order valence-electron chi connectivity index (χ0n) is 17.8. The number of hydrogen-bond acceptors (Lipinski definition) is 5. The fourth-order valence-electron chi connectivity index (χ4n) is 4.87. The zero-order chi connectivity index (χ0) is 23.2. The number of fused-ring (bicyclic) bond motifs is 6. The molecule has 4 aromatic carbocycles. The van der Waals surface area contributed by atoms with Gasteiger partial charge in [0.15, 0.2) is 11.5 Å². The molecule has 0 aliphatic rings. The molecule has 0 spiro atoms. The molecule has 0 atom stereocenters. The van der Waals surface area contributed by atoms with Gasteiger partial charge >= 0.3 is 0 Å². The van der Waals surface area contributed by atoms with Gasteiger partial charge in [-0.2, -0.15) is 0 Å². The molecular formula is C26H18BNO4S. The van der Waals surface area contributed by atoms with E-state index in [1.54, 1.807) is 18.3 Å². The van der Waals surface area contributed by atoms with Gasteiger partial charge in [0.25, 0.3) is 0 Å². The Balaban J connectivity index is 1.93. The Morgan fingerprint density at radius 2 is 1.52 bits per heavy atom. The van der Waals surface area contributed by atoms with Crippen LogP contribution in [0.4, 0.5) is 0 Å². The van der Waals surface area contributed by atoms with Crippen LogP contribution in [0.3, 0.4) is 0 Å². The van der Waals surface area contributed by atoms with Crippen LogP contribution in [0.15, 0.2) is 48.5 Å². The van der Waals surface area contributed by atoms with E-state index in [4.69, 9.17) is 7.85 Å². The van der Waals surface area contributed by atoms with E-state index in [2.05, 4.69) is 18.2 Å². The molecule has 160 valence electrons. The van der Waals surface area contributed by atoms with E-state index in [1.807, 2.05) is 35.8 Å². The third-order valence-corrected chi connectivity index (χ3v) is 7.78. The molecule has 0 aliphatic heterocycles. The topological polar surface area (TPSA) is 85.8 Å². The first-order chi connectivity index (χ1) is 15.8. The molecule has 0 unspecified atom stereocenters. The summed E-state index contributed by atoms with van der Waals surface area (Å²) in [6, 6.07) is 15.5. The van der Waals surface area contributed by atoms with Gasteiger partial charge in [0.05, 0.1) is 26.8 Å². The number of phenolic OH excluding ortho intramolecular Hbond substituents is 4. The SMILES string of the molecule is [B]c1c(C)c(O)c2c(c1C)c1c(O)c(O)c(O)cc1n2-c1cccc2c1sc1ccccc12. The summed E-state index contributed by atoms with van der Waals surface area (Å²) in [6.07, 6.45) is 0. The number of aryl methyl sites for hydroxylation is 1. The Bertz CT molecular complexity index is 1800. The number of rotatable bonds is 1. The van der Waals surface area contributed by atoms with Crippen molar-refractivity contribution < 1.29 is 20.4 Å². The number of aromatic hydroxyl groups is 4. The monoisotopic (exact) mass is 451 g/mol. The summed E-state index contributed by atoms with van der Waals surface area (Å²) in [7, 11) is 6.29. The molecule has 0 amide bonds. The minimum atomic E-state index is -0.611. The zero-order valence-corrected chi connectivity index (χ0v) is 18.7. The lowest BCUT2D eigenvalue weighted by Crippen LogP contribution is -2.12. The van der Waals surface area contributed by atoms with Crippen molar-refractivity contribution >= 4 is 66.6 Å². The average molecular weight is 451 g/mol. The molecule has 33 heavy (non-hydrogen) atoms. The fraction of sp³-hybridized carbons (Fsp3) is 0.0769. The molecule has 2 radical (unpaired) electrons. The number of phenols is 4. The highest BCUT2D eigenvalue weighted by molar-refractivity contribution is 7.26. The molecule has 5 nitrogen and oxygen atoms in total. The molecular weight excluding hydrogens is 433 g/mol. The maximum absolute atomic E-state index is 11.2. The molecule has 0 fully saturated rings. The molecule has 0 bridgehead atoms. The minimum absolute atomic E-state index is 0.0132. The van der Waals surface area contributed by atoms with Crippen LogP contribution < -0.4 is 5.46 Å². The molecule has 0 saturated carbocycles. The van der Waals surface area contributed by atoms with Crippen LogP contribution in [0.5, 0.6) is 23.0 Å². The highest BCUT2D eigenvalue weighted by Gasteiger charge is 2.26. The van der Waals surface area contributed by atoms with Crippen molar-refractivity contribution in [1.29, 1.82) is 0 Å². The van der Waals surface area contributed by atoms with Crippen molar-refractivity contribution in [3.8, 4) is 28.7 Å². The Hall–Kier alpha value is -3.84. The van der Waals surface area contributed by atoms with Crippen molar-refractivity contribution in [3.05, 3.63) is 59.7 Å². The average Bonchev–Trinajstić information content (AvgIpc) is 3.36. The Morgan fingerprint density at radius 3 is 2.30 bits per heavy atom. The van der Waals surface area contributed by atoms with Gasteiger partial charge in [-0.05, 0) is 37.1 Å². The number of thiophene rings is 1. The van der Waals surface area contributed by atoms with Gasteiger partial charge in [-0.1, -0.05) is 35.8 Å². The Kier molecular flexibility index (Phi) is 3.96. The standard InChI is InChI=1S/C26H18BNO4S/c1-11-19-20-16(10-17(29)24(31)25(20)32)28(22(19)23(30)12(2)21(11)27)15-8-5-7-14-13-6-3-4-9-18(13)33-26(14)15/h3-10,29-32H,1-2H3. The van der Waals surface area contributed by atoms with Crippen LogP contribution >= 0.6 is 11.3 Å². The van der Waals surface area contributed by atoms with E-state index >= 15 is 0 Å². The molecule has 4 N–H and O–H groups in total. The lowest BCUT2D eigenvalue weighted by Gasteiger charge is -2.14. The summed E-state index contributed by atoms with van der Waals surface area (Å²) in [5.74, 6) is -1.53. The summed E-state index contributed by atoms with van der Waals surface area (Å²) in [5.41, 5.74) is 3.31. The van der Waals surface area contributed by atoms with Gasteiger partial charge in [0.2, 0.25) is 5.75 Å². The van der Waals surface area contributed by atoms with Gasteiger partial charge in [-0.15, -0.1) is 11.3 Å². The van der Waals surface area contributed by atoms with Gasteiger partial charge in [0, 0.05) is 26.9 Å². The Labute approximate surface area is 193 Å². The molecule has 2 aromatic heterocycles. The van der Waals surface area contributed by atoms with E-state index in [9.17, 15) is 20.4 Å². The maximum atomic E-state index is 11.2. The number of nitrogens with zero attached hydrogens (tertiary/aromatic N) is 1. The van der Waals surface area contributed by atoms with Crippen LogP contribution in [0.25, 0.3) is 47.7 Å². The molecule has 6 rings (SSSR count). The van der Waals surface area contributed by atoms with Gasteiger partial charge in [-0.3, -0.25) is 0 Å². The third-order valence-electron chi connectivity index (χ3n) is 6.57. The van der Waals surface area contributed by atoms with E-state index in [1.165, 1.54) is 6.07 Å². The van der Waals surface area contributed by atoms with E-state index in [-0.39, 0.29) is 5.75 Å². The highest BCUT2D eigenvalue weighted by atomic mass is 32.1. The van der Waals surface area contributed by atoms with Crippen molar-refractivity contribution in [2.45, 2.75) is 13.8 Å². The third kappa shape index (κ3) is 2.43. The molecule has 2 heterocycles. The van der Waals surface area contributed by atoms with E-state index in [0.717, 1.165) is 25.9 Å². The molecule has 0 aliphatic carbocycles. The minimum Gasteiger partial charge on any atom is -0.505 e. The second-order valence-corrected chi connectivity index (χ2v) is 9.36. The number of benzene rings is 4. The summed E-state index contributed by atoms with van der Waals surface area (Å²) < 4.78 is 3.96. The predicted molar refractivity (Wildman–Crippen MR) is 135 cm³/mol. The smallest absolute Gasteiger partial charge is 0.201 e. The Morgan fingerprint density at radius 1 is 0.788 bits per heavy atom. The van der Waals surface area contributed by atoms with Crippen LogP contribution in [-0.2, 0) is 0 Å². The van der Waals surface area contributed by atoms with Gasteiger partial charge in [0.1, 0.15) is 13.6 Å². The predicted octanol–water partition coefficient (Wildman–Crippen LogP) is 5.38. The second-order valence-electron chi connectivity index (χ2n) is 8.31. The largest absolute Gasteiger partial charge is 0.505 e. The summed E-state index contributed by atoms with van der Waals surface area (Å²) >= 11 is 1.63. The van der Waals surface area contributed by atoms with E-state index < -0.39 is 17.2 Å². The van der Waals surface area contributed by atoms with Crippen molar-refractivity contribution in [2.24, 2.45) is 0 Å². The highest BCUT2D eigenvalue weighted by Crippen LogP contribution is 2.50. The van der Waals surface area contributed by atoms with Crippen LogP contribution in [0.1, 0.15) is 11.1 Å².